The molecule has 0 saturated carbocycles. The highest BCUT2D eigenvalue weighted by Crippen LogP contribution is 2.24. The fraction of sp³-hybridized carbons (Fsp3) is 0.412. The summed E-state index contributed by atoms with van der Waals surface area (Å²) in [4.78, 5) is 48.4. The largest absolute Gasteiger partial charge is 0.315 e. The number of aryl methyl sites for hydroxylation is 1. The molecule has 24 heavy (non-hydrogen) atoms. The summed E-state index contributed by atoms with van der Waals surface area (Å²) in [7, 11) is 0. The highest BCUT2D eigenvalue weighted by molar-refractivity contribution is 6.07. The molecule has 1 aromatic rings. The van der Waals surface area contributed by atoms with E-state index in [0.29, 0.717) is 17.9 Å². The van der Waals surface area contributed by atoms with Crippen molar-refractivity contribution in [2.75, 3.05) is 13.1 Å². The van der Waals surface area contributed by atoms with E-state index < -0.39 is 17.9 Å². The Labute approximate surface area is 139 Å². The van der Waals surface area contributed by atoms with E-state index in [1.54, 1.807) is 13.0 Å². The summed E-state index contributed by atoms with van der Waals surface area (Å²) in [5.74, 6) is -1.14. The molecule has 2 aliphatic rings. The normalized spacial score (nSPS) is 21.0. The van der Waals surface area contributed by atoms with Crippen molar-refractivity contribution in [2.24, 2.45) is 0 Å². The van der Waals surface area contributed by atoms with E-state index in [1.165, 1.54) is 0 Å². The predicted octanol–water partition coefficient (Wildman–Crippen LogP) is 0.0856. The van der Waals surface area contributed by atoms with Crippen LogP contribution in [-0.4, -0.2) is 48.2 Å². The number of imide groups is 2. The zero-order valence-electron chi connectivity index (χ0n) is 13.4. The van der Waals surface area contributed by atoms with Crippen LogP contribution >= 0.6 is 0 Å². The number of piperidine rings is 1. The van der Waals surface area contributed by atoms with Crippen molar-refractivity contribution in [3.63, 3.8) is 0 Å². The number of hydrogen-bond acceptors (Lipinski definition) is 5. The van der Waals surface area contributed by atoms with Gasteiger partial charge in [0.05, 0.1) is 0 Å². The highest BCUT2D eigenvalue weighted by Gasteiger charge is 2.35. The van der Waals surface area contributed by atoms with E-state index >= 15 is 0 Å². The molecule has 0 radical (unpaired) electrons. The lowest BCUT2D eigenvalue weighted by Gasteiger charge is -2.30. The zero-order valence-corrected chi connectivity index (χ0v) is 13.4. The third kappa shape index (κ3) is 2.94. The van der Waals surface area contributed by atoms with Crippen molar-refractivity contribution in [2.45, 2.75) is 31.7 Å². The van der Waals surface area contributed by atoms with Crippen LogP contribution in [0.5, 0.6) is 0 Å². The predicted molar refractivity (Wildman–Crippen MR) is 85.2 cm³/mol. The third-order valence-corrected chi connectivity index (χ3v) is 4.64. The second kappa shape index (κ2) is 6.52. The van der Waals surface area contributed by atoms with Crippen LogP contribution < -0.4 is 10.6 Å². The van der Waals surface area contributed by atoms with E-state index in [1.807, 2.05) is 12.1 Å². The number of hydrogen-bond donors (Lipinski definition) is 2. The van der Waals surface area contributed by atoms with Gasteiger partial charge < -0.3 is 5.32 Å². The minimum atomic E-state index is -0.943. The molecule has 2 saturated heterocycles. The Kier molecular flexibility index (Phi) is 4.44. The number of benzene rings is 1. The van der Waals surface area contributed by atoms with Gasteiger partial charge in [-0.1, -0.05) is 12.1 Å². The first-order chi connectivity index (χ1) is 11.5. The molecule has 4 amide bonds. The highest BCUT2D eigenvalue weighted by atomic mass is 16.2. The van der Waals surface area contributed by atoms with Crippen molar-refractivity contribution >= 4 is 24.1 Å². The SMILES string of the molecule is Cc1ccc(C2CNC2)cc1C(=O)N(C=O)C1CCC(=O)NC1=O. The van der Waals surface area contributed by atoms with E-state index in [4.69, 9.17) is 0 Å². The number of rotatable bonds is 4. The van der Waals surface area contributed by atoms with Crippen LogP contribution in [0.1, 0.15) is 40.2 Å². The van der Waals surface area contributed by atoms with Gasteiger partial charge in [0.25, 0.3) is 5.91 Å². The van der Waals surface area contributed by atoms with E-state index in [-0.39, 0.29) is 18.7 Å². The Bertz CT molecular complexity index is 712. The topological polar surface area (TPSA) is 95.6 Å². The smallest absolute Gasteiger partial charge is 0.261 e. The molecule has 0 aromatic heterocycles. The first kappa shape index (κ1) is 16.3. The van der Waals surface area contributed by atoms with E-state index in [0.717, 1.165) is 29.1 Å². The fourth-order valence-corrected chi connectivity index (χ4v) is 3.00. The van der Waals surface area contributed by atoms with Crippen LogP contribution in [0.15, 0.2) is 18.2 Å². The molecule has 1 unspecified atom stereocenters. The maximum Gasteiger partial charge on any atom is 0.261 e. The third-order valence-electron chi connectivity index (χ3n) is 4.64. The molecule has 1 atom stereocenters. The van der Waals surface area contributed by atoms with Crippen molar-refractivity contribution in [1.82, 2.24) is 15.5 Å². The maximum atomic E-state index is 12.8. The number of carbonyl (C=O) groups is 4. The van der Waals surface area contributed by atoms with Crippen molar-refractivity contribution in [3.8, 4) is 0 Å². The maximum absolute atomic E-state index is 12.8. The van der Waals surface area contributed by atoms with E-state index in [9.17, 15) is 19.2 Å². The second-order valence-electron chi connectivity index (χ2n) is 6.21. The lowest BCUT2D eigenvalue weighted by molar-refractivity contribution is -0.139. The van der Waals surface area contributed by atoms with Gasteiger partial charge in [0.2, 0.25) is 18.2 Å². The summed E-state index contributed by atoms with van der Waals surface area (Å²) < 4.78 is 0. The monoisotopic (exact) mass is 329 g/mol. The first-order valence-electron chi connectivity index (χ1n) is 7.94. The number of carbonyl (C=O) groups excluding carboxylic acids is 4. The Morgan fingerprint density at radius 3 is 2.62 bits per heavy atom. The molecule has 2 fully saturated rings. The first-order valence-corrected chi connectivity index (χ1v) is 7.94. The summed E-state index contributed by atoms with van der Waals surface area (Å²) in [6.07, 6.45) is 0.639. The molecule has 2 N–H and O–H groups in total. The summed E-state index contributed by atoms with van der Waals surface area (Å²) in [5.41, 5.74) is 2.20. The van der Waals surface area contributed by atoms with Gasteiger partial charge in [-0.2, -0.15) is 0 Å². The molecule has 2 heterocycles. The number of amides is 4. The molecule has 7 nitrogen and oxygen atoms in total. The molecular formula is C17H19N3O4. The Hall–Kier alpha value is -2.54. The molecule has 7 heteroatoms. The lowest BCUT2D eigenvalue weighted by atomic mass is 9.90. The van der Waals surface area contributed by atoms with Crippen LogP contribution in [0.25, 0.3) is 0 Å². The zero-order chi connectivity index (χ0) is 17.3. The van der Waals surface area contributed by atoms with Crippen LogP contribution in [0.2, 0.25) is 0 Å². The summed E-state index contributed by atoms with van der Waals surface area (Å²) in [6, 6.07) is 4.69. The van der Waals surface area contributed by atoms with Crippen LogP contribution in [-0.2, 0) is 14.4 Å². The molecule has 0 spiro atoms. The average Bonchev–Trinajstić information content (AvgIpc) is 2.50. The van der Waals surface area contributed by atoms with Gasteiger partial charge in [-0.3, -0.25) is 29.4 Å². The van der Waals surface area contributed by atoms with Gasteiger partial charge in [-0.05, 0) is 30.5 Å². The standard InChI is InChI=1S/C17H19N3O4/c1-10-2-3-11(12-7-18-8-12)6-13(10)17(24)20(9-21)14-4-5-15(22)19-16(14)23/h2-3,6,9,12,14,18H,4-5,7-8H2,1H3,(H,19,22,23). The second-order valence-corrected chi connectivity index (χ2v) is 6.21. The van der Waals surface area contributed by atoms with Crippen molar-refractivity contribution in [1.29, 1.82) is 0 Å². The van der Waals surface area contributed by atoms with Gasteiger partial charge in [-0.15, -0.1) is 0 Å². The van der Waals surface area contributed by atoms with Crippen LogP contribution in [0, 0.1) is 6.92 Å². The van der Waals surface area contributed by atoms with Gasteiger partial charge in [0.15, 0.2) is 0 Å². The van der Waals surface area contributed by atoms with Gasteiger partial charge in [0.1, 0.15) is 6.04 Å². The molecule has 0 aliphatic carbocycles. The Morgan fingerprint density at radius 2 is 2.04 bits per heavy atom. The molecule has 0 bridgehead atoms. The lowest BCUT2D eigenvalue weighted by Crippen LogP contribution is -2.54. The van der Waals surface area contributed by atoms with Crippen LogP contribution in [0.3, 0.4) is 0 Å². The minimum absolute atomic E-state index is 0.112. The molecule has 126 valence electrons. The Morgan fingerprint density at radius 1 is 1.29 bits per heavy atom. The van der Waals surface area contributed by atoms with Gasteiger partial charge in [-0.25, -0.2) is 0 Å². The fourth-order valence-electron chi connectivity index (χ4n) is 3.00. The quantitative estimate of drug-likeness (QED) is 0.603. The van der Waals surface area contributed by atoms with E-state index in [2.05, 4.69) is 10.6 Å². The average molecular weight is 329 g/mol. The summed E-state index contributed by atoms with van der Waals surface area (Å²) >= 11 is 0. The number of nitrogens with one attached hydrogen (secondary N) is 2. The summed E-state index contributed by atoms with van der Waals surface area (Å²) in [6.45, 7) is 3.52. The molecular weight excluding hydrogens is 310 g/mol. The van der Waals surface area contributed by atoms with Crippen molar-refractivity contribution < 1.29 is 19.2 Å². The molecule has 2 aliphatic heterocycles. The molecule has 3 rings (SSSR count). The molecule has 1 aromatic carbocycles. The van der Waals surface area contributed by atoms with Crippen molar-refractivity contribution in [3.05, 3.63) is 34.9 Å². The van der Waals surface area contributed by atoms with Crippen LogP contribution in [0.4, 0.5) is 0 Å². The minimum Gasteiger partial charge on any atom is -0.315 e. The van der Waals surface area contributed by atoms with Gasteiger partial charge in [0, 0.05) is 31.0 Å². The Balaban J connectivity index is 1.87. The number of nitrogens with zero attached hydrogens (tertiary/aromatic N) is 1. The van der Waals surface area contributed by atoms with Gasteiger partial charge >= 0.3 is 0 Å². The summed E-state index contributed by atoms with van der Waals surface area (Å²) in [5, 5.41) is 5.36.